The van der Waals surface area contributed by atoms with Gasteiger partial charge in [0, 0.05) is 85.5 Å². The summed E-state index contributed by atoms with van der Waals surface area (Å²) in [6.07, 6.45) is -2.23. The first-order valence-corrected chi connectivity index (χ1v) is 21.7. The van der Waals surface area contributed by atoms with E-state index in [2.05, 4.69) is 27.6 Å². The molecule has 2 amide bonds. The number of carbonyl (C=O) groups excluding carboxylic acids is 3. The molecule has 0 saturated carbocycles. The van der Waals surface area contributed by atoms with Crippen LogP contribution < -0.4 is 15.6 Å². The molecule has 18 heteroatoms. The van der Waals surface area contributed by atoms with Crippen molar-refractivity contribution in [1.82, 2.24) is 35.2 Å². The maximum Gasteiger partial charge on any atom is 0.406 e. The van der Waals surface area contributed by atoms with E-state index in [1.807, 2.05) is 38.3 Å². The van der Waals surface area contributed by atoms with Gasteiger partial charge < -0.3 is 33.9 Å². The predicted molar refractivity (Wildman–Crippen MR) is 224 cm³/mol. The summed E-state index contributed by atoms with van der Waals surface area (Å²) in [6, 6.07) is 5.44. The minimum Gasteiger partial charge on any atom is -0.464 e. The quantitative estimate of drug-likeness (QED) is 0.234. The Hall–Kier alpha value is -4.62. The van der Waals surface area contributed by atoms with Gasteiger partial charge in [-0.1, -0.05) is 19.9 Å². The number of likely N-dealkylation sites (N-methyl/N-ethyl adjacent to an activating group) is 1. The van der Waals surface area contributed by atoms with Gasteiger partial charge in [-0.15, -0.1) is 11.3 Å². The number of alkyl halides is 3. The molecule has 6 bridgehead atoms. The number of halogens is 3. The standard InChI is InChI=1S/C43H53F3N8O6S/c1-25(58-5)37-29(18-27(21-47-37)52-14-12-51(4)13-15-52)38-30-20-42(2,3)24-60-41(57)31-7-6-11-54(50-31)40(56)32(49-39(55)35-10-16-59-35)19-36-48-33(22-61-36)26-8-9-34(28(30)17-26)53(38)23-43(44,45)46/h8-9,17-18,21-22,25,31-32,35,50H,6-7,10-16,19-20,23-24H2,1-5H3,(H,49,55)/t25-,31-,32-,35+/m0/s1. The second-order valence-corrected chi connectivity index (χ2v) is 18.3. The van der Waals surface area contributed by atoms with Gasteiger partial charge in [0.25, 0.3) is 5.91 Å². The van der Waals surface area contributed by atoms with Gasteiger partial charge in [0.05, 0.1) is 53.3 Å². The normalized spacial score (nSPS) is 23.3. The van der Waals surface area contributed by atoms with Crippen LogP contribution in [0.3, 0.4) is 0 Å². The maximum absolute atomic E-state index is 14.9. The zero-order valence-electron chi connectivity index (χ0n) is 35.1. The number of hydrazine groups is 1. The molecule has 14 nitrogen and oxygen atoms in total. The highest BCUT2D eigenvalue weighted by Crippen LogP contribution is 2.44. The maximum atomic E-state index is 14.9. The molecule has 1 aromatic carbocycles. The van der Waals surface area contributed by atoms with Gasteiger partial charge in [-0.3, -0.25) is 24.4 Å². The van der Waals surface area contributed by atoms with E-state index >= 15 is 0 Å². The Morgan fingerprint density at radius 1 is 1.13 bits per heavy atom. The van der Waals surface area contributed by atoms with Gasteiger partial charge >= 0.3 is 12.1 Å². The number of aromatic nitrogens is 3. The molecule has 4 aliphatic rings. The first-order valence-electron chi connectivity index (χ1n) is 20.9. The van der Waals surface area contributed by atoms with Crippen molar-refractivity contribution in [2.45, 2.75) is 89.9 Å². The van der Waals surface area contributed by atoms with Crippen LogP contribution in [0.5, 0.6) is 0 Å². The third-order valence-electron chi connectivity index (χ3n) is 12.1. The van der Waals surface area contributed by atoms with Crippen LogP contribution in [-0.2, 0) is 48.0 Å². The molecule has 0 aliphatic carbocycles. The number of carbonyl (C=O) groups is 3. The van der Waals surface area contributed by atoms with Crippen molar-refractivity contribution >= 4 is 45.7 Å². The molecule has 0 unspecified atom stereocenters. The minimum absolute atomic E-state index is 0.0561. The van der Waals surface area contributed by atoms with Crippen molar-refractivity contribution in [2.24, 2.45) is 5.41 Å². The van der Waals surface area contributed by atoms with Crippen LogP contribution in [0.15, 0.2) is 35.8 Å². The van der Waals surface area contributed by atoms with Gasteiger partial charge in [-0.25, -0.2) is 10.4 Å². The number of hydrogen-bond acceptors (Lipinski definition) is 12. The third kappa shape index (κ3) is 9.28. The van der Waals surface area contributed by atoms with Gasteiger partial charge in [-0.05, 0) is 57.0 Å². The molecule has 2 N–H and O–H groups in total. The number of benzene rings is 1. The molecule has 8 rings (SSSR count). The topological polar surface area (TPSA) is 143 Å². The molecule has 4 aliphatic heterocycles. The Morgan fingerprint density at radius 3 is 2.61 bits per heavy atom. The van der Waals surface area contributed by atoms with E-state index in [1.54, 1.807) is 25.4 Å². The number of nitrogens with zero attached hydrogens (tertiary/aromatic N) is 6. The number of hydrogen-bond donors (Lipinski definition) is 2. The summed E-state index contributed by atoms with van der Waals surface area (Å²) >= 11 is 1.32. The fourth-order valence-corrected chi connectivity index (χ4v) is 9.41. The first-order chi connectivity index (χ1) is 29.1. The molecule has 7 heterocycles. The first kappa shape index (κ1) is 43.0. The van der Waals surface area contributed by atoms with Crippen molar-refractivity contribution in [2.75, 3.05) is 65.0 Å². The van der Waals surface area contributed by atoms with Crippen molar-refractivity contribution < 1.29 is 41.8 Å². The number of rotatable bonds is 7. The van der Waals surface area contributed by atoms with E-state index < -0.39 is 60.2 Å². The number of pyridine rings is 1. The zero-order chi connectivity index (χ0) is 43.2. The third-order valence-corrected chi connectivity index (χ3v) is 13.0. The van der Waals surface area contributed by atoms with Crippen LogP contribution in [0.4, 0.5) is 18.9 Å². The predicted octanol–water partition coefficient (Wildman–Crippen LogP) is 5.29. The largest absolute Gasteiger partial charge is 0.464 e. The van der Waals surface area contributed by atoms with Crippen molar-refractivity contribution in [3.05, 3.63) is 52.1 Å². The average Bonchev–Trinajstić information content (AvgIpc) is 3.79. The van der Waals surface area contributed by atoms with Gasteiger partial charge in [0.2, 0.25) is 5.91 Å². The number of cyclic esters (lactones) is 1. The molecule has 4 aromatic rings. The lowest BCUT2D eigenvalue weighted by Crippen LogP contribution is -2.61. The summed E-state index contributed by atoms with van der Waals surface area (Å²) in [4.78, 5) is 55.2. The molecule has 3 saturated heterocycles. The Labute approximate surface area is 356 Å². The van der Waals surface area contributed by atoms with E-state index in [1.165, 1.54) is 20.9 Å². The molecule has 4 atom stereocenters. The lowest BCUT2D eigenvalue weighted by molar-refractivity contribution is -0.156. The number of ether oxygens (including phenoxy) is 3. The summed E-state index contributed by atoms with van der Waals surface area (Å²) in [5.74, 6) is -1.37. The number of esters is 1. The average molecular weight is 867 g/mol. The number of nitrogens with one attached hydrogen (secondary N) is 2. The Bertz CT molecular complexity index is 2280. The zero-order valence-corrected chi connectivity index (χ0v) is 36.0. The van der Waals surface area contributed by atoms with E-state index in [-0.39, 0.29) is 19.4 Å². The number of methoxy groups -OCH3 is 1. The van der Waals surface area contributed by atoms with Gasteiger partial charge in [0.15, 0.2) is 0 Å². The van der Waals surface area contributed by atoms with E-state index in [0.717, 1.165) is 31.9 Å². The highest BCUT2D eigenvalue weighted by atomic mass is 32.1. The van der Waals surface area contributed by atoms with Crippen molar-refractivity contribution in [3.8, 4) is 22.5 Å². The van der Waals surface area contributed by atoms with Crippen LogP contribution >= 0.6 is 11.3 Å². The summed E-state index contributed by atoms with van der Waals surface area (Å²) < 4.78 is 63.1. The highest BCUT2D eigenvalue weighted by molar-refractivity contribution is 7.10. The number of piperazine rings is 1. The fraction of sp³-hybridized carbons (Fsp3) is 0.558. The molecular weight excluding hydrogens is 814 g/mol. The van der Waals surface area contributed by atoms with Crippen LogP contribution in [0, 0.1) is 5.41 Å². The molecule has 0 radical (unpaired) electrons. The monoisotopic (exact) mass is 866 g/mol. The lowest BCUT2D eigenvalue weighted by atomic mass is 9.84. The van der Waals surface area contributed by atoms with Gasteiger partial charge in [-0.2, -0.15) is 13.2 Å². The molecule has 328 valence electrons. The summed E-state index contributed by atoms with van der Waals surface area (Å²) in [5.41, 5.74) is 6.76. The van der Waals surface area contributed by atoms with Crippen LogP contribution in [-0.4, -0.2) is 127 Å². The minimum atomic E-state index is -4.58. The Morgan fingerprint density at radius 2 is 1.90 bits per heavy atom. The lowest BCUT2D eigenvalue weighted by Gasteiger charge is -2.36. The molecule has 61 heavy (non-hydrogen) atoms. The highest BCUT2D eigenvalue weighted by Gasteiger charge is 2.38. The van der Waals surface area contributed by atoms with Crippen molar-refractivity contribution in [1.29, 1.82) is 0 Å². The van der Waals surface area contributed by atoms with Crippen LogP contribution in [0.1, 0.15) is 62.4 Å². The van der Waals surface area contributed by atoms with Gasteiger partial charge in [0.1, 0.15) is 24.7 Å². The Balaban J connectivity index is 1.30. The SMILES string of the molecule is CO[C@@H](C)c1ncc(N2CCN(C)CC2)cc1-c1c2c3cc(ccc3n1CC(F)(F)F)-c1csc(n1)C[C@H](NC(=O)[C@H]1CCO1)C(=O)N1CCC[C@H](N1)C(=O)OCC(C)(C)C2. The van der Waals surface area contributed by atoms with E-state index in [9.17, 15) is 27.6 Å². The second kappa shape index (κ2) is 17.3. The fourth-order valence-electron chi connectivity index (χ4n) is 8.56. The number of thiazole rings is 1. The summed E-state index contributed by atoms with van der Waals surface area (Å²) in [5, 5.41) is 7.26. The molecule has 0 spiro atoms. The van der Waals surface area contributed by atoms with Crippen LogP contribution in [0.2, 0.25) is 0 Å². The molecule has 3 fully saturated rings. The second-order valence-electron chi connectivity index (χ2n) is 17.4. The smallest absolute Gasteiger partial charge is 0.406 e. The number of fused-ring (bicyclic) bond motifs is 6. The van der Waals surface area contributed by atoms with Crippen molar-refractivity contribution in [3.63, 3.8) is 0 Å². The van der Waals surface area contributed by atoms with E-state index in [4.69, 9.17) is 24.2 Å². The number of anilines is 1. The molecule has 3 aromatic heterocycles. The summed E-state index contributed by atoms with van der Waals surface area (Å²) in [6.45, 7) is 8.26. The molecular formula is C43H53F3N8O6S. The Kier molecular flexibility index (Phi) is 12.2. The van der Waals surface area contributed by atoms with Crippen LogP contribution in [0.25, 0.3) is 33.4 Å². The van der Waals surface area contributed by atoms with E-state index in [0.29, 0.717) is 82.1 Å². The summed E-state index contributed by atoms with van der Waals surface area (Å²) in [7, 11) is 3.61. The number of amides is 2.